The van der Waals surface area contributed by atoms with E-state index in [2.05, 4.69) is 45.6 Å². The number of hydrogen-bond acceptors (Lipinski definition) is 4. The van der Waals surface area contributed by atoms with Gasteiger partial charge in [-0.25, -0.2) is 9.97 Å². The second-order valence-corrected chi connectivity index (χ2v) is 6.97. The first-order chi connectivity index (χ1) is 12.7. The molecule has 1 aromatic carbocycles. The normalized spacial score (nSPS) is 14.4. The predicted molar refractivity (Wildman–Crippen MR) is 103 cm³/mol. The van der Waals surface area contributed by atoms with Gasteiger partial charge in [0.25, 0.3) is 0 Å². The molecule has 0 fully saturated rings. The highest BCUT2D eigenvalue weighted by molar-refractivity contribution is 5.54. The Morgan fingerprint density at radius 1 is 1.12 bits per heavy atom. The van der Waals surface area contributed by atoms with Crippen LogP contribution in [0.1, 0.15) is 35.9 Å². The zero-order valence-corrected chi connectivity index (χ0v) is 15.5. The van der Waals surface area contributed by atoms with Crippen molar-refractivity contribution in [2.24, 2.45) is 0 Å². The van der Waals surface area contributed by atoms with Gasteiger partial charge in [0.05, 0.1) is 11.9 Å². The lowest BCUT2D eigenvalue weighted by Gasteiger charge is -2.28. The SMILES string of the molecule is CCCn1ncc(CN2CCc3nc(-c4ccccc4)ncc3C2)c1C. The molecule has 26 heavy (non-hydrogen) atoms. The Morgan fingerprint density at radius 2 is 1.96 bits per heavy atom. The van der Waals surface area contributed by atoms with Crippen molar-refractivity contribution in [3.63, 3.8) is 0 Å². The molecule has 0 saturated carbocycles. The Labute approximate surface area is 154 Å². The summed E-state index contributed by atoms with van der Waals surface area (Å²) < 4.78 is 2.11. The lowest BCUT2D eigenvalue weighted by Crippen LogP contribution is -2.31. The van der Waals surface area contributed by atoms with Gasteiger partial charge in [0.1, 0.15) is 0 Å². The standard InChI is InChI=1S/C21H25N5/c1-3-10-26-16(2)18(13-23-26)14-25-11-9-20-19(15-25)12-22-21(24-20)17-7-5-4-6-8-17/h4-8,12-13H,3,9-11,14-15H2,1-2H3. The second kappa shape index (κ2) is 7.38. The molecular weight excluding hydrogens is 322 g/mol. The molecule has 3 heterocycles. The number of rotatable bonds is 5. The first kappa shape index (κ1) is 16.9. The molecule has 0 unspecified atom stereocenters. The van der Waals surface area contributed by atoms with Crippen LogP contribution in [-0.4, -0.2) is 31.2 Å². The average Bonchev–Trinajstić information content (AvgIpc) is 3.02. The predicted octanol–water partition coefficient (Wildman–Crippen LogP) is 3.62. The van der Waals surface area contributed by atoms with E-state index in [-0.39, 0.29) is 0 Å². The second-order valence-electron chi connectivity index (χ2n) is 6.97. The van der Waals surface area contributed by atoms with Crippen LogP contribution < -0.4 is 0 Å². The summed E-state index contributed by atoms with van der Waals surface area (Å²) in [6.07, 6.45) is 6.11. The summed E-state index contributed by atoms with van der Waals surface area (Å²) in [5.41, 5.74) is 6.12. The molecular formula is C21H25N5. The molecule has 3 aromatic rings. The fourth-order valence-electron chi connectivity index (χ4n) is 3.55. The van der Waals surface area contributed by atoms with E-state index in [0.29, 0.717) is 0 Å². The average molecular weight is 347 g/mol. The van der Waals surface area contributed by atoms with Crippen molar-refractivity contribution < 1.29 is 0 Å². The molecule has 0 saturated heterocycles. The van der Waals surface area contributed by atoms with Crippen LogP contribution >= 0.6 is 0 Å². The van der Waals surface area contributed by atoms with Crippen molar-refractivity contribution in [3.8, 4) is 11.4 Å². The van der Waals surface area contributed by atoms with Crippen molar-refractivity contribution in [3.05, 3.63) is 65.2 Å². The first-order valence-electron chi connectivity index (χ1n) is 9.38. The summed E-state index contributed by atoms with van der Waals surface area (Å²) in [4.78, 5) is 11.9. The van der Waals surface area contributed by atoms with E-state index in [4.69, 9.17) is 4.98 Å². The molecule has 0 N–H and O–H groups in total. The van der Waals surface area contributed by atoms with Crippen LogP contribution in [0.3, 0.4) is 0 Å². The minimum Gasteiger partial charge on any atom is -0.294 e. The molecule has 0 bridgehead atoms. The number of aryl methyl sites for hydroxylation is 1. The van der Waals surface area contributed by atoms with E-state index >= 15 is 0 Å². The lowest BCUT2D eigenvalue weighted by atomic mass is 10.1. The van der Waals surface area contributed by atoms with Crippen molar-refractivity contribution in [1.82, 2.24) is 24.6 Å². The highest BCUT2D eigenvalue weighted by atomic mass is 15.3. The molecule has 1 aliphatic rings. The summed E-state index contributed by atoms with van der Waals surface area (Å²) in [5, 5.41) is 4.53. The maximum atomic E-state index is 4.82. The molecule has 4 rings (SSSR count). The van der Waals surface area contributed by atoms with E-state index in [0.717, 1.165) is 50.4 Å². The summed E-state index contributed by atoms with van der Waals surface area (Å²) in [6, 6.07) is 10.2. The van der Waals surface area contributed by atoms with Crippen LogP contribution in [0.25, 0.3) is 11.4 Å². The van der Waals surface area contributed by atoms with Gasteiger partial charge in [-0.2, -0.15) is 5.10 Å². The smallest absolute Gasteiger partial charge is 0.159 e. The number of nitrogens with zero attached hydrogens (tertiary/aromatic N) is 5. The summed E-state index contributed by atoms with van der Waals surface area (Å²) >= 11 is 0. The maximum Gasteiger partial charge on any atom is 0.159 e. The van der Waals surface area contributed by atoms with Crippen LogP contribution in [0.2, 0.25) is 0 Å². The molecule has 0 amide bonds. The van der Waals surface area contributed by atoms with Crippen molar-refractivity contribution in [1.29, 1.82) is 0 Å². The fourth-order valence-corrected chi connectivity index (χ4v) is 3.55. The minimum atomic E-state index is 0.828. The number of fused-ring (bicyclic) bond motifs is 1. The van der Waals surface area contributed by atoms with Gasteiger partial charge >= 0.3 is 0 Å². The van der Waals surface area contributed by atoms with Gasteiger partial charge in [0.2, 0.25) is 0 Å². The van der Waals surface area contributed by atoms with Gasteiger partial charge in [0, 0.05) is 61.2 Å². The van der Waals surface area contributed by atoms with Gasteiger partial charge < -0.3 is 0 Å². The third-order valence-electron chi connectivity index (χ3n) is 5.08. The molecule has 134 valence electrons. The Balaban J connectivity index is 1.48. The molecule has 5 heteroatoms. The van der Waals surface area contributed by atoms with Gasteiger partial charge in [-0.15, -0.1) is 0 Å². The third-order valence-corrected chi connectivity index (χ3v) is 5.08. The fraction of sp³-hybridized carbons (Fsp3) is 0.381. The summed E-state index contributed by atoms with van der Waals surface area (Å²) in [6.45, 7) is 8.22. The van der Waals surface area contributed by atoms with Crippen LogP contribution in [0, 0.1) is 6.92 Å². The largest absolute Gasteiger partial charge is 0.294 e. The highest BCUT2D eigenvalue weighted by Gasteiger charge is 2.20. The zero-order valence-electron chi connectivity index (χ0n) is 15.5. The van der Waals surface area contributed by atoms with Crippen molar-refractivity contribution in [2.45, 2.75) is 46.3 Å². The molecule has 0 aliphatic carbocycles. The number of benzene rings is 1. The number of aromatic nitrogens is 4. The van der Waals surface area contributed by atoms with E-state index in [1.807, 2.05) is 30.6 Å². The van der Waals surface area contributed by atoms with Crippen LogP contribution in [-0.2, 0) is 26.1 Å². The minimum absolute atomic E-state index is 0.828. The molecule has 0 radical (unpaired) electrons. The number of hydrogen-bond donors (Lipinski definition) is 0. The van der Waals surface area contributed by atoms with Crippen molar-refractivity contribution >= 4 is 0 Å². The maximum absolute atomic E-state index is 4.82. The molecule has 0 spiro atoms. The highest BCUT2D eigenvalue weighted by Crippen LogP contribution is 2.22. The van der Waals surface area contributed by atoms with Gasteiger partial charge in [0.15, 0.2) is 5.82 Å². The van der Waals surface area contributed by atoms with Gasteiger partial charge in [-0.1, -0.05) is 37.3 Å². The van der Waals surface area contributed by atoms with Gasteiger partial charge in [-0.05, 0) is 13.3 Å². The van der Waals surface area contributed by atoms with Crippen LogP contribution in [0.4, 0.5) is 0 Å². The van der Waals surface area contributed by atoms with E-state index in [9.17, 15) is 0 Å². The van der Waals surface area contributed by atoms with Gasteiger partial charge in [-0.3, -0.25) is 9.58 Å². The topological polar surface area (TPSA) is 46.8 Å². The summed E-state index contributed by atoms with van der Waals surface area (Å²) in [5.74, 6) is 0.828. The third kappa shape index (κ3) is 3.40. The quantitative estimate of drug-likeness (QED) is 0.707. The van der Waals surface area contributed by atoms with Crippen LogP contribution in [0.15, 0.2) is 42.7 Å². The Bertz CT molecular complexity index is 885. The lowest BCUT2D eigenvalue weighted by molar-refractivity contribution is 0.242. The van der Waals surface area contributed by atoms with E-state index in [1.54, 1.807) is 0 Å². The zero-order chi connectivity index (χ0) is 17.9. The van der Waals surface area contributed by atoms with E-state index in [1.165, 1.54) is 22.5 Å². The first-order valence-corrected chi connectivity index (χ1v) is 9.38. The van der Waals surface area contributed by atoms with Crippen molar-refractivity contribution in [2.75, 3.05) is 6.54 Å². The Morgan fingerprint density at radius 3 is 2.77 bits per heavy atom. The summed E-state index contributed by atoms with van der Waals surface area (Å²) in [7, 11) is 0. The van der Waals surface area contributed by atoms with Crippen LogP contribution in [0.5, 0.6) is 0 Å². The monoisotopic (exact) mass is 347 g/mol. The Kier molecular flexibility index (Phi) is 4.80. The molecule has 1 aliphatic heterocycles. The Hall–Kier alpha value is -2.53. The van der Waals surface area contributed by atoms with E-state index < -0.39 is 0 Å². The molecule has 2 aromatic heterocycles. The molecule has 0 atom stereocenters. The molecule has 5 nitrogen and oxygen atoms in total.